The van der Waals surface area contributed by atoms with Gasteiger partial charge < -0.3 is 9.47 Å². The molecule has 0 spiro atoms. The molecule has 1 aliphatic heterocycles. The van der Waals surface area contributed by atoms with E-state index in [0.717, 1.165) is 48.9 Å². The van der Waals surface area contributed by atoms with Crippen LogP contribution in [0.25, 0.3) is 11.4 Å². The van der Waals surface area contributed by atoms with Crippen LogP contribution in [0, 0.1) is 5.92 Å². The van der Waals surface area contributed by atoms with Gasteiger partial charge in [0, 0.05) is 25.7 Å². The molecule has 0 saturated carbocycles. The number of carbonyl (C=O) groups excluding carboxylic acids is 1. The summed E-state index contributed by atoms with van der Waals surface area (Å²) in [5.41, 5.74) is 2.42. The number of aromatic nitrogens is 3. The minimum atomic E-state index is 0.192. The molecule has 1 amide bonds. The lowest BCUT2D eigenvalue weighted by Crippen LogP contribution is -2.39. The highest BCUT2D eigenvalue weighted by atomic mass is 32.2. The molecule has 0 radical (unpaired) electrons. The molecular formula is C23H26N4OS. The van der Waals surface area contributed by atoms with Crippen molar-refractivity contribution < 1.29 is 4.79 Å². The topological polar surface area (TPSA) is 51.0 Å². The minimum absolute atomic E-state index is 0.192. The summed E-state index contributed by atoms with van der Waals surface area (Å²) in [5.74, 6) is 2.09. The summed E-state index contributed by atoms with van der Waals surface area (Å²) in [5, 5.41) is 9.34. The Hall–Kier alpha value is -2.60. The maximum absolute atomic E-state index is 12.7. The largest absolute Gasteiger partial charge is 0.342 e. The average molecular weight is 407 g/mol. The van der Waals surface area contributed by atoms with E-state index in [1.54, 1.807) is 0 Å². The Balaban J connectivity index is 1.27. The van der Waals surface area contributed by atoms with Gasteiger partial charge in [0.1, 0.15) is 0 Å². The van der Waals surface area contributed by atoms with Crippen molar-refractivity contribution in [3.63, 3.8) is 0 Å². The van der Waals surface area contributed by atoms with Gasteiger partial charge in [0.25, 0.3) is 0 Å². The third-order valence-corrected chi connectivity index (χ3v) is 6.53. The maximum atomic E-state index is 12.7. The predicted molar refractivity (Wildman–Crippen MR) is 117 cm³/mol. The van der Waals surface area contributed by atoms with E-state index >= 15 is 0 Å². The number of piperidine rings is 1. The molecule has 0 N–H and O–H groups in total. The Morgan fingerprint density at radius 2 is 1.66 bits per heavy atom. The standard InChI is InChI=1S/C23H26N4OS/c1-26-22(20-10-6-3-7-11-20)24-25-23(26)29-17-21(28)27-14-12-19(13-15-27)16-18-8-4-2-5-9-18/h2-11,19H,12-17H2,1H3. The lowest BCUT2D eigenvalue weighted by atomic mass is 9.90. The van der Waals surface area contributed by atoms with E-state index in [2.05, 4.69) is 40.5 Å². The van der Waals surface area contributed by atoms with Gasteiger partial charge in [0.15, 0.2) is 11.0 Å². The van der Waals surface area contributed by atoms with Crippen molar-refractivity contribution in [1.82, 2.24) is 19.7 Å². The molecule has 6 heteroatoms. The molecule has 2 heterocycles. The highest BCUT2D eigenvalue weighted by Crippen LogP contribution is 2.25. The van der Waals surface area contributed by atoms with Gasteiger partial charge >= 0.3 is 0 Å². The summed E-state index contributed by atoms with van der Waals surface area (Å²) < 4.78 is 1.96. The van der Waals surface area contributed by atoms with Gasteiger partial charge in [-0.3, -0.25) is 4.79 Å². The number of hydrogen-bond donors (Lipinski definition) is 0. The Morgan fingerprint density at radius 1 is 1.00 bits per heavy atom. The number of likely N-dealkylation sites (tertiary alicyclic amines) is 1. The Kier molecular flexibility index (Phi) is 6.30. The van der Waals surface area contributed by atoms with Crippen LogP contribution < -0.4 is 0 Å². The zero-order valence-electron chi connectivity index (χ0n) is 16.7. The highest BCUT2D eigenvalue weighted by molar-refractivity contribution is 7.99. The lowest BCUT2D eigenvalue weighted by Gasteiger charge is -2.32. The van der Waals surface area contributed by atoms with Gasteiger partial charge in [-0.2, -0.15) is 0 Å². The Bertz CT molecular complexity index is 934. The maximum Gasteiger partial charge on any atom is 0.233 e. The van der Waals surface area contributed by atoms with Crippen molar-refractivity contribution >= 4 is 17.7 Å². The summed E-state index contributed by atoms with van der Waals surface area (Å²) in [6, 6.07) is 20.6. The second-order valence-corrected chi connectivity index (χ2v) is 8.48. The SMILES string of the molecule is Cn1c(SCC(=O)N2CCC(Cc3ccccc3)CC2)nnc1-c1ccccc1. The molecule has 0 atom stereocenters. The lowest BCUT2D eigenvalue weighted by molar-refractivity contribution is -0.129. The molecule has 1 aromatic heterocycles. The van der Waals surface area contributed by atoms with Crippen LogP contribution in [0.3, 0.4) is 0 Å². The van der Waals surface area contributed by atoms with Crippen LogP contribution in [-0.2, 0) is 18.3 Å². The fraction of sp³-hybridized carbons (Fsp3) is 0.348. The number of rotatable bonds is 6. The average Bonchev–Trinajstić information content (AvgIpc) is 3.14. The highest BCUT2D eigenvalue weighted by Gasteiger charge is 2.23. The molecule has 0 bridgehead atoms. The van der Waals surface area contributed by atoms with E-state index in [1.165, 1.54) is 17.3 Å². The molecule has 0 aliphatic carbocycles. The smallest absolute Gasteiger partial charge is 0.233 e. The third-order valence-electron chi connectivity index (χ3n) is 5.53. The Morgan fingerprint density at radius 3 is 2.34 bits per heavy atom. The molecule has 4 rings (SSSR count). The van der Waals surface area contributed by atoms with Gasteiger partial charge in [-0.15, -0.1) is 10.2 Å². The summed E-state index contributed by atoms with van der Waals surface area (Å²) in [6.07, 6.45) is 3.26. The first-order chi connectivity index (χ1) is 14.2. The molecular weight excluding hydrogens is 380 g/mol. The monoisotopic (exact) mass is 406 g/mol. The van der Waals surface area contributed by atoms with E-state index in [9.17, 15) is 4.79 Å². The van der Waals surface area contributed by atoms with E-state index in [4.69, 9.17) is 0 Å². The number of carbonyl (C=O) groups is 1. The van der Waals surface area contributed by atoms with Crippen LogP contribution >= 0.6 is 11.8 Å². The quantitative estimate of drug-likeness (QED) is 0.580. The van der Waals surface area contributed by atoms with E-state index in [1.807, 2.05) is 46.8 Å². The zero-order valence-corrected chi connectivity index (χ0v) is 17.5. The van der Waals surface area contributed by atoms with Crippen LogP contribution in [0.4, 0.5) is 0 Å². The normalized spacial score (nSPS) is 14.9. The molecule has 1 saturated heterocycles. The summed E-state index contributed by atoms with van der Waals surface area (Å²) >= 11 is 1.47. The summed E-state index contributed by atoms with van der Waals surface area (Å²) in [7, 11) is 1.95. The van der Waals surface area contributed by atoms with Crippen LogP contribution in [-0.4, -0.2) is 44.4 Å². The summed E-state index contributed by atoms with van der Waals surface area (Å²) in [6.45, 7) is 1.70. The molecule has 0 unspecified atom stereocenters. The van der Waals surface area contributed by atoms with Crippen molar-refractivity contribution in [1.29, 1.82) is 0 Å². The van der Waals surface area contributed by atoms with E-state index < -0.39 is 0 Å². The number of nitrogens with zero attached hydrogens (tertiary/aromatic N) is 4. The third kappa shape index (κ3) is 4.88. The van der Waals surface area contributed by atoms with E-state index in [-0.39, 0.29) is 5.91 Å². The Labute approximate surface area is 176 Å². The summed E-state index contributed by atoms with van der Waals surface area (Å²) in [4.78, 5) is 14.7. The fourth-order valence-electron chi connectivity index (χ4n) is 3.83. The molecule has 5 nitrogen and oxygen atoms in total. The molecule has 150 valence electrons. The van der Waals surface area contributed by atoms with Gasteiger partial charge in [0.2, 0.25) is 5.91 Å². The van der Waals surface area contributed by atoms with Crippen molar-refractivity contribution in [3.05, 3.63) is 66.2 Å². The first-order valence-electron chi connectivity index (χ1n) is 10.1. The van der Waals surface area contributed by atoms with Gasteiger partial charge in [0.05, 0.1) is 5.75 Å². The van der Waals surface area contributed by atoms with Crippen molar-refractivity contribution in [2.24, 2.45) is 13.0 Å². The van der Waals surface area contributed by atoms with Gasteiger partial charge in [-0.25, -0.2) is 0 Å². The van der Waals surface area contributed by atoms with Crippen molar-refractivity contribution in [2.75, 3.05) is 18.8 Å². The van der Waals surface area contributed by atoms with Gasteiger partial charge in [-0.1, -0.05) is 72.4 Å². The van der Waals surface area contributed by atoms with Crippen LogP contribution in [0.2, 0.25) is 0 Å². The van der Waals surface area contributed by atoms with Gasteiger partial charge in [-0.05, 0) is 30.7 Å². The van der Waals surface area contributed by atoms with E-state index in [0.29, 0.717) is 11.7 Å². The van der Waals surface area contributed by atoms with Crippen molar-refractivity contribution in [2.45, 2.75) is 24.4 Å². The van der Waals surface area contributed by atoms with Crippen LogP contribution in [0.1, 0.15) is 18.4 Å². The molecule has 29 heavy (non-hydrogen) atoms. The second kappa shape index (κ2) is 9.27. The minimum Gasteiger partial charge on any atom is -0.342 e. The van der Waals surface area contributed by atoms with Crippen LogP contribution in [0.5, 0.6) is 0 Å². The number of thioether (sulfide) groups is 1. The zero-order chi connectivity index (χ0) is 20.1. The number of hydrogen-bond acceptors (Lipinski definition) is 4. The number of benzene rings is 2. The fourth-order valence-corrected chi connectivity index (χ4v) is 4.64. The number of amides is 1. The molecule has 1 fully saturated rings. The molecule has 2 aromatic carbocycles. The predicted octanol–water partition coefficient (Wildman–Crippen LogP) is 4.06. The van der Waals surface area contributed by atoms with Crippen molar-refractivity contribution in [3.8, 4) is 11.4 Å². The molecule has 3 aromatic rings. The first-order valence-corrected chi connectivity index (χ1v) is 11.1. The van der Waals surface area contributed by atoms with Crippen LogP contribution in [0.15, 0.2) is 65.8 Å². The first kappa shape index (κ1) is 19.7. The molecule has 1 aliphatic rings. The second-order valence-electron chi connectivity index (χ2n) is 7.53.